The van der Waals surface area contributed by atoms with Gasteiger partial charge in [0, 0.05) is 0 Å². The summed E-state index contributed by atoms with van der Waals surface area (Å²) in [6.07, 6.45) is 11.9. The number of allylic oxidation sites excluding steroid dienone is 2. The maximum Gasteiger partial charge on any atom is 0.0521 e. The summed E-state index contributed by atoms with van der Waals surface area (Å²) in [4.78, 5) is 0. The molecular formula is C13H21Cl. The van der Waals surface area contributed by atoms with Gasteiger partial charge in [0.1, 0.15) is 0 Å². The van der Waals surface area contributed by atoms with Gasteiger partial charge in [0.15, 0.2) is 0 Å². The predicted octanol–water partition coefficient (Wildman–Crippen LogP) is 4.53. The van der Waals surface area contributed by atoms with Crippen LogP contribution in [0.5, 0.6) is 0 Å². The topological polar surface area (TPSA) is 0 Å². The van der Waals surface area contributed by atoms with Gasteiger partial charge in [-0.05, 0) is 43.9 Å². The Kier molecular flexibility index (Phi) is 3.54. The van der Waals surface area contributed by atoms with Crippen LogP contribution in [0, 0.1) is 11.8 Å². The molecule has 0 amide bonds. The fourth-order valence-electron chi connectivity index (χ4n) is 2.82. The van der Waals surface area contributed by atoms with Crippen molar-refractivity contribution in [3.63, 3.8) is 0 Å². The van der Waals surface area contributed by atoms with E-state index in [1.165, 1.54) is 44.9 Å². The summed E-state index contributed by atoms with van der Waals surface area (Å²) < 4.78 is 0. The molecule has 1 unspecified atom stereocenters. The van der Waals surface area contributed by atoms with Crippen molar-refractivity contribution in [2.24, 2.45) is 11.8 Å². The van der Waals surface area contributed by atoms with E-state index in [2.05, 4.69) is 13.0 Å². The molecule has 2 aliphatic rings. The van der Waals surface area contributed by atoms with E-state index in [0.29, 0.717) is 5.38 Å². The molecule has 0 bridgehead atoms. The van der Waals surface area contributed by atoms with Gasteiger partial charge in [0.05, 0.1) is 5.38 Å². The zero-order chi connectivity index (χ0) is 9.97. The summed E-state index contributed by atoms with van der Waals surface area (Å²) in [6.45, 7) is 2.39. The molecular weight excluding hydrogens is 192 g/mol. The summed E-state index contributed by atoms with van der Waals surface area (Å²) in [6, 6.07) is 0. The van der Waals surface area contributed by atoms with Gasteiger partial charge in [-0.3, -0.25) is 0 Å². The molecule has 1 atom stereocenters. The van der Waals surface area contributed by atoms with Gasteiger partial charge in [0.2, 0.25) is 0 Å². The molecule has 0 aromatic rings. The van der Waals surface area contributed by atoms with Crippen LogP contribution in [-0.4, -0.2) is 5.38 Å². The number of hydrogen-bond donors (Lipinski definition) is 0. The van der Waals surface area contributed by atoms with Gasteiger partial charge >= 0.3 is 0 Å². The van der Waals surface area contributed by atoms with Crippen molar-refractivity contribution in [3.8, 4) is 0 Å². The second-order valence-electron chi connectivity index (χ2n) is 5.21. The van der Waals surface area contributed by atoms with E-state index in [9.17, 15) is 0 Å². The molecule has 14 heavy (non-hydrogen) atoms. The highest BCUT2D eigenvalue weighted by Crippen LogP contribution is 2.35. The Bertz CT molecular complexity index is 211. The van der Waals surface area contributed by atoms with Crippen LogP contribution in [0.4, 0.5) is 0 Å². The summed E-state index contributed by atoms with van der Waals surface area (Å²) >= 11 is 6.07. The second-order valence-corrected chi connectivity index (χ2v) is 5.77. The highest BCUT2D eigenvalue weighted by molar-refractivity contribution is 6.22. The van der Waals surface area contributed by atoms with Crippen LogP contribution in [0.3, 0.4) is 0 Å². The fraction of sp³-hybridized carbons (Fsp3) is 0.846. The highest BCUT2D eigenvalue weighted by atomic mass is 35.5. The standard InChI is InChI=1S/C13H21Cl/c1-10-2-4-11(5-3-10)8-12-6-7-13(14)9-12/h9-11,13H,2-8H2,1H3. The number of hydrogen-bond acceptors (Lipinski definition) is 0. The lowest BCUT2D eigenvalue weighted by atomic mass is 9.80. The molecule has 0 nitrogen and oxygen atoms in total. The van der Waals surface area contributed by atoms with Crippen molar-refractivity contribution in [2.75, 3.05) is 0 Å². The van der Waals surface area contributed by atoms with E-state index in [1.807, 2.05) is 0 Å². The highest BCUT2D eigenvalue weighted by Gasteiger charge is 2.21. The zero-order valence-electron chi connectivity index (χ0n) is 9.14. The van der Waals surface area contributed by atoms with E-state index in [1.54, 1.807) is 5.57 Å². The van der Waals surface area contributed by atoms with Crippen molar-refractivity contribution in [2.45, 2.75) is 57.2 Å². The Morgan fingerprint density at radius 2 is 1.93 bits per heavy atom. The first-order chi connectivity index (χ1) is 6.74. The summed E-state index contributed by atoms with van der Waals surface area (Å²) in [5.41, 5.74) is 1.64. The van der Waals surface area contributed by atoms with Crippen molar-refractivity contribution < 1.29 is 0 Å². The molecule has 2 rings (SSSR count). The van der Waals surface area contributed by atoms with Gasteiger partial charge < -0.3 is 0 Å². The maximum absolute atomic E-state index is 6.07. The third kappa shape index (κ3) is 2.76. The molecule has 2 aliphatic carbocycles. The molecule has 0 spiro atoms. The van der Waals surface area contributed by atoms with Crippen LogP contribution in [0.25, 0.3) is 0 Å². The van der Waals surface area contributed by atoms with Gasteiger partial charge in [-0.1, -0.05) is 31.4 Å². The molecule has 0 N–H and O–H groups in total. The molecule has 0 aromatic heterocycles. The molecule has 0 saturated heterocycles. The van der Waals surface area contributed by atoms with Crippen molar-refractivity contribution in [3.05, 3.63) is 11.6 Å². The second kappa shape index (κ2) is 4.70. The average molecular weight is 213 g/mol. The van der Waals surface area contributed by atoms with Gasteiger partial charge in [-0.25, -0.2) is 0 Å². The van der Waals surface area contributed by atoms with Crippen LogP contribution in [-0.2, 0) is 0 Å². The van der Waals surface area contributed by atoms with Crippen LogP contribution in [0.1, 0.15) is 51.9 Å². The van der Waals surface area contributed by atoms with E-state index in [4.69, 9.17) is 11.6 Å². The largest absolute Gasteiger partial charge is 0.118 e. The van der Waals surface area contributed by atoms with E-state index < -0.39 is 0 Å². The van der Waals surface area contributed by atoms with Crippen LogP contribution in [0.15, 0.2) is 11.6 Å². The molecule has 0 aliphatic heterocycles. The zero-order valence-corrected chi connectivity index (χ0v) is 9.89. The normalized spacial score (nSPS) is 38.4. The lowest BCUT2D eigenvalue weighted by Crippen LogP contribution is -2.12. The summed E-state index contributed by atoms with van der Waals surface area (Å²) in [5, 5.41) is 0.340. The van der Waals surface area contributed by atoms with Gasteiger partial charge in [0.25, 0.3) is 0 Å². The summed E-state index contributed by atoms with van der Waals surface area (Å²) in [5.74, 6) is 1.95. The van der Waals surface area contributed by atoms with Crippen molar-refractivity contribution in [1.29, 1.82) is 0 Å². The Labute approximate surface area is 92.7 Å². The molecule has 1 heteroatoms. The molecule has 0 aromatic carbocycles. The van der Waals surface area contributed by atoms with Gasteiger partial charge in [-0.2, -0.15) is 0 Å². The first kappa shape index (κ1) is 10.5. The van der Waals surface area contributed by atoms with E-state index >= 15 is 0 Å². The smallest absolute Gasteiger partial charge is 0.0521 e. The van der Waals surface area contributed by atoms with Crippen LogP contribution in [0.2, 0.25) is 0 Å². The fourth-order valence-corrected chi connectivity index (χ4v) is 3.11. The lowest BCUT2D eigenvalue weighted by molar-refractivity contribution is 0.287. The third-order valence-corrected chi connectivity index (χ3v) is 4.19. The average Bonchev–Trinajstić information content (AvgIpc) is 2.56. The minimum atomic E-state index is 0.340. The Balaban J connectivity index is 1.78. The first-order valence-electron chi connectivity index (χ1n) is 6.07. The molecule has 80 valence electrons. The Morgan fingerprint density at radius 1 is 1.21 bits per heavy atom. The SMILES string of the molecule is CC1CCC(CC2=CC(Cl)CC2)CC1. The minimum Gasteiger partial charge on any atom is -0.118 e. The summed E-state index contributed by atoms with van der Waals surface area (Å²) in [7, 11) is 0. The Hall–Kier alpha value is 0.0300. The quantitative estimate of drug-likeness (QED) is 0.466. The molecule has 0 radical (unpaired) electrons. The number of halogens is 1. The lowest BCUT2D eigenvalue weighted by Gasteiger charge is -2.26. The van der Waals surface area contributed by atoms with E-state index in [0.717, 1.165) is 11.8 Å². The van der Waals surface area contributed by atoms with Crippen molar-refractivity contribution in [1.82, 2.24) is 0 Å². The molecule has 1 saturated carbocycles. The third-order valence-electron chi connectivity index (χ3n) is 3.84. The van der Waals surface area contributed by atoms with Crippen molar-refractivity contribution >= 4 is 11.6 Å². The monoisotopic (exact) mass is 212 g/mol. The minimum absolute atomic E-state index is 0.340. The van der Waals surface area contributed by atoms with E-state index in [-0.39, 0.29) is 0 Å². The first-order valence-corrected chi connectivity index (χ1v) is 6.51. The molecule has 1 fully saturated rings. The Morgan fingerprint density at radius 3 is 2.50 bits per heavy atom. The van der Waals surface area contributed by atoms with Crippen LogP contribution < -0.4 is 0 Å². The maximum atomic E-state index is 6.07. The predicted molar refractivity (Wildman–Crippen MR) is 62.7 cm³/mol. The molecule has 0 heterocycles. The van der Waals surface area contributed by atoms with Gasteiger partial charge in [-0.15, -0.1) is 11.6 Å². The number of alkyl halides is 1. The number of rotatable bonds is 2. The van der Waals surface area contributed by atoms with Crippen LogP contribution >= 0.6 is 11.6 Å².